The van der Waals surface area contributed by atoms with Crippen LogP contribution in [0.2, 0.25) is 0 Å². The number of nitro benzene ring substituents is 1. The summed E-state index contributed by atoms with van der Waals surface area (Å²) in [5.41, 5.74) is 10.4. The van der Waals surface area contributed by atoms with E-state index >= 15 is 0 Å². The van der Waals surface area contributed by atoms with Gasteiger partial charge in [-0.05, 0) is 16.4 Å². The summed E-state index contributed by atoms with van der Waals surface area (Å²) < 4.78 is 4.30. The first-order valence-corrected chi connectivity index (χ1v) is 5.36. The van der Waals surface area contributed by atoms with E-state index in [2.05, 4.69) is 24.9 Å². The van der Waals surface area contributed by atoms with Crippen LogP contribution in [-0.4, -0.2) is 27.0 Å². The van der Waals surface area contributed by atoms with Crippen molar-refractivity contribution in [1.29, 1.82) is 0 Å². The smallest absolute Gasteiger partial charge is 0.366 e. The fourth-order valence-corrected chi connectivity index (χ4v) is 1.31. The lowest BCUT2D eigenvalue weighted by atomic mass is 10.2. The van der Waals surface area contributed by atoms with Crippen molar-refractivity contribution in [2.75, 3.05) is 5.73 Å². The zero-order chi connectivity index (χ0) is 15.4. The third-order valence-electron chi connectivity index (χ3n) is 2.28. The molecule has 108 valence electrons. The van der Waals surface area contributed by atoms with Crippen LogP contribution in [-0.2, 0) is 4.84 Å². The van der Waals surface area contributed by atoms with E-state index in [0.717, 1.165) is 6.07 Å². The zero-order valence-corrected chi connectivity index (χ0v) is 10.3. The highest BCUT2D eigenvalue weighted by Gasteiger charge is 2.15. The normalized spacial score (nSPS) is 11.1. The number of carbonyl (C=O) groups is 1. The van der Waals surface area contributed by atoms with Crippen molar-refractivity contribution in [3.63, 3.8) is 0 Å². The highest BCUT2D eigenvalue weighted by atomic mass is 16.7. The van der Waals surface area contributed by atoms with Crippen LogP contribution in [0.5, 0.6) is 0 Å². The number of anilines is 1. The number of nitro groups is 1. The molecule has 0 unspecified atom stereocenters. The molecule has 2 aromatic rings. The Labute approximate surface area is 116 Å². The van der Waals surface area contributed by atoms with Crippen molar-refractivity contribution in [2.45, 2.75) is 0 Å². The lowest BCUT2D eigenvalue weighted by molar-refractivity contribution is -0.384. The van der Waals surface area contributed by atoms with Crippen LogP contribution in [0.3, 0.4) is 0 Å². The quantitative estimate of drug-likeness (QED) is 0.259. The van der Waals surface area contributed by atoms with Gasteiger partial charge in [-0.15, -0.1) is 0 Å². The van der Waals surface area contributed by atoms with Gasteiger partial charge in [-0.1, -0.05) is 11.2 Å². The van der Waals surface area contributed by atoms with Crippen LogP contribution in [0.25, 0.3) is 0 Å². The van der Waals surface area contributed by atoms with Crippen LogP contribution < -0.4 is 11.5 Å². The Balaban J connectivity index is 2.13. The van der Waals surface area contributed by atoms with Crippen LogP contribution in [0.15, 0.2) is 34.1 Å². The number of aromatic nitrogens is 2. The van der Waals surface area contributed by atoms with Crippen molar-refractivity contribution in [3.8, 4) is 0 Å². The molecule has 0 bridgehead atoms. The first-order chi connectivity index (χ1) is 9.99. The topological polar surface area (TPSA) is 173 Å². The molecule has 0 fully saturated rings. The molecule has 2 rings (SSSR count). The number of rotatable bonds is 4. The number of hydrogen-bond acceptors (Lipinski definition) is 9. The Kier molecular flexibility index (Phi) is 3.74. The summed E-state index contributed by atoms with van der Waals surface area (Å²) in [6.07, 6.45) is 0. The van der Waals surface area contributed by atoms with Crippen molar-refractivity contribution in [1.82, 2.24) is 10.3 Å². The van der Waals surface area contributed by atoms with E-state index in [1.807, 2.05) is 0 Å². The van der Waals surface area contributed by atoms with E-state index < -0.39 is 10.9 Å². The van der Waals surface area contributed by atoms with Crippen LogP contribution in [0.4, 0.5) is 11.5 Å². The van der Waals surface area contributed by atoms with Crippen molar-refractivity contribution in [2.24, 2.45) is 10.9 Å². The Morgan fingerprint density at radius 3 is 2.81 bits per heavy atom. The molecule has 1 aromatic carbocycles. The van der Waals surface area contributed by atoms with Gasteiger partial charge in [0.15, 0.2) is 17.3 Å². The van der Waals surface area contributed by atoms with Crippen LogP contribution in [0.1, 0.15) is 16.1 Å². The number of hydrogen-bond donors (Lipinski definition) is 2. The first kappa shape index (κ1) is 13.9. The average molecular weight is 292 g/mol. The molecule has 0 aliphatic carbocycles. The number of nitrogens with two attached hydrogens (primary N) is 2. The first-order valence-electron chi connectivity index (χ1n) is 5.36. The van der Waals surface area contributed by atoms with Gasteiger partial charge in [-0.2, -0.15) is 0 Å². The molecular weight excluding hydrogens is 284 g/mol. The second-order valence-corrected chi connectivity index (χ2v) is 3.66. The predicted molar refractivity (Wildman–Crippen MR) is 67.9 cm³/mol. The molecule has 1 heterocycles. The van der Waals surface area contributed by atoms with E-state index in [0.29, 0.717) is 0 Å². The van der Waals surface area contributed by atoms with Gasteiger partial charge in [0.2, 0.25) is 0 Å². The number of nitrogen functional groups attached to an aromatic ring is 1. The maximum absolute atomic E-state index is 11.7. The number of amidine groups is 1. The van der Waals surface area contributed by atoms with Crippen molar-refractivity contribution >= 4 is 23.3 Å². The summed E-state index contributed by atoms with van der Waals surface area (Å²) in [6.45, 7) is 0. The highest BCUT2D eigenvalue weighted by Crippen LogP contribution is 2.14. The Hall–Kier alpha value is -3.50. The number of nitrogens with zero attached hydrogens (tertiary/aromatic N) is 4. The molecule has 0 spiro atoms. The third-order valence-corrected chi connectivity index (χ3v) is 2.28. The number of non-ortho nitro benzene ring substituents is 1. The van der Waals surface area contributed by atoms with Crippen molar-refractivity contribution in [3.05, 3.63) is 45.6 Å². The largest absolute Gasteiger partial charge is 0.379 e. The van der Waals surface area contributed by atoms with Gasteiger partial charge in [0.25, 0.3) is 5.69 Å². The molecule has 0 atom stereocenters. The number of oxime groups is 1. The number of carbonyl (C=O) groups excluding carboxylic acids is 1. The molecule has 0 aliphatic rings. The van der Waals surface area contributed by atoms with Gasteiger partial charge in [0.1, 0.15) is 0 Å². The highest BCUT2D eigenvalue weighted by molar-refractivity contribution is 5.99. The Bertz CT molecular complexity index is 724. The molecule has 0 saturated carbocycles. The molecule has 4 N–H and O–H groups in total. The fraction of sp³-hybridized carbons (Fsp3) is 0. The van der Waals surface area contributed by atoms with E-state index in [1.54, 1.807) is 0 Å². The minimum absolute atomic E-state index is 0.0630. The van der Waals surface area contributed by atoms with E-state index in [9.17, 15) is 14.9 Å². The van der Waals surface area contributed by atoms with Crippen LogP contribution in [0, 0.1) is 10.1 Å². The lowest BCUT2D eigenvalue weighted by Crippen LogP contribution is -2.17. The van der Waals surface area contributed by atoms with Gasteiger partial charge in [-0.3, -0.25) is 10.1 Å². The Morgan fingerprint density at radius 1 is 1.43 bits per heavy atom. The summed E-state index contributed by atoms with van der Waals surface area (Å²) in [4.78, 5) is 26.2. The zero-order valence-electron chi connectivity index (χ0n) is 10.3. The standard InChI is InChI=1S/C10H8N6O5/c11-8(7-9(12)15-21-13-7)14-20-10(17)5-2-1-3-6(4-5)16(18)19/h1-4H,(H2,11,14)(H2,12,15). The van der Waals surface area contributed by atoms with Gasteiger partial charge in [0.05, 0.1) is 10.5 Å². The lowest BCUT2D eigenvalue weighted by Gasteiger charge is -1.99. The second-order valence-electron chi connectivity index (χ2n) is 3.66. The average Bonchev–Trinajstić information content (AvgIpc) is 2.90. The van der Waals surface area contributed by atoms with Gasteiger partial charge in [-0.25, -0.2) is 9.42 Å². The predicted octanol–water partition coefficient (Wildman–Crippen LogP) is 0.0373. The summed E-state index contributed by atoms with van der Waals surface area (Å²) in [5.74, 6) is -1.38. The fourth-order valence-electron chi connectivity index (χ4n) is 1.31. The minimum Gasteiger partial charge on any atom is -0.379 e. The summed E-state index contributed by atoms with van der Waals surface area (Å²) in [6, 6.07) is 4.94. The molecular formula is C10H8N6O5. The molecule has 0 radical (unpaired) electrons. The summed E-state index contributed by atoms with van der Waals surface area (Å²) >= 11 is 0. The van der Waals surface area contributed by atoms with Crippen LogP contribution >= 0.6 is 0 Å². The molecule has 21 heavy (non-hydrogen) atoms. The van der Waals surface area contributed by atoms with E-state index in [-0.39, 0.29) is 28.6 Å². The summed E-state index contributed by atoms with van der Waals surface area (Å²) in [7, 11) is 0. The monoisotopic (exact) mass is 292 g/mol. The SMILES string of the molecule is N/C(=N\OC(=O)c1cccc([N+](=O)[O-])c1)c1nonc1N. The van der Waals surface area contributed by atoms with E-state index in [1.165, 1.54) is 18.2 Å². The van der Waals surface area contributed by atoms with E-state index in [4.69, 9.17) is 11.5 Å². The van der Waals surface area contributed by atoms with Gasteiger partial charge >= 0.3 is 5.97 Å². The van der Waals surface area contributed by atoms with Crippen molar-refractivity contribution < 1.29 is 19.2 Å². The molecule has 1 aromatic heterocycles. The third kappa shape index (κ3) is 3.09. The Morgan fingerprint density at radius 2 is 2.19 bits per heavy atom. The molecule has 0 amide bonds. The molecule has 11 nitrogen and oxygen atoms in total. The second kappa shape index (κ2) is 5.64. The maximum atomic E-state index is 11.7. The minimum atomic E-state index is -0.934. The summed E-state index contributed by atoms with van der Waals surface area (Å²) in [5, 5.41) is 20.5. The molecule has 0 saturated heterocycles. The van der Waals surface area contributed by atoms with Gasteiger partial charge < -0.3 is 16.3 Å². The molecule has 0 aliphatic heterocycles. The molecule has 11 heteroatoms. The maximum Gasteiger partial charge on any atom is 0.366 e. The number of benzene rings is 1. The van der Waals surface area contributed by atoms with Gasteiger partial charge in [0, 0.05) is 12.1 Å².